The standard InChI is InChI=1S/C28H41N3O7/c1-5-29-28(34)30-25-21(26(35-4)20(3)22-18-38-27(33)24(22)25)10-8-19(2)9-11-23(32)37-15-7-6-12-31-13-16-36-17-14-31/h8H,5-7,9-18H2,1-4H3,(H2,29,30,34)/b19-8+. The van der Waals surface area contributed by atoms with E-state index in [-0.39, 0.29) is 12.6 Å². The third kappa shape index (κ3) is 7.94. The highest BCUT2D eigenvalue weighted by Crippen LogP contribution is 2.41. The lowest BCUT2D eigenvalue weighted by molar-refractivity contribution is -0.143. The van der Waals surface area contributed by atoms with Crippen molar-refractivity contribution in [2.45, 2.75) is 59.5 Å². The Hall–Kier alpha value is -3.11. The maximum atomic E-state index is 12.5. The third-order valence-corrected chi connectivity index (χ3v) is 6.87. The van der Waals surface area contributed by atoms with Crippen molar-refractivity contribution in [3.05, 3.63) is 33.9 Å². The molecule has 10 heteroatoms. The van der Waals surface area contributed by atoms with Gasteiger partial charge in [-0.05, 0) is 58.6 Å². The van der Waals surface area contributed by atoms with Crippen LogP contribution in [-0.4, -0.2) is 76.0 Å². The van der Waals surface area contributed by atoms with Gasteiger partial charge in [-0.3, -0.25) is 9.69 Å². The number of rotatable bonds is 13. The van der Waals surface area contributed by atoms with Crippen LogP contribution in [-0.2, 0) is 32.0 Å². The molecule has 1 fully saturated rings. The first-order valence-electron chi connectivity index (χ1n) is 13.4. The van der Waals surface area contributed by atoms with Gasteiger partial charge in [0, 0.05) is 37.2 Å². The Labute approximate surface area is 225 Å². The lowest BCUT2D eigenvalue weighted by atomic mass is 9.93. The number of anilines is 1. The molecule has 0 radical (unpaired) electrons. The van der Waals surface area contributed by atoms with Gasteiger partial charge in [0.15, 0.2) is 0 Å². The maximum Gasteiger partial charge on any atom is 0.341 e. The average molecular weight is 532 g/mol. The predicted octanol–water partition coefficient (Wildman–Crippen LogP) is 3.74. The van der Waals surface area contributed by atoms with Gasteiger partial charge in [0.2, 0.25) is 0 Å². The fraction of sp³-hybridized carbons (Fsp3) is 0.607. The number of urea groups is 1. The number of hydrogen-bond donors (Lipinski definition) is 2. The predicted molar refractivity (Wildman–Crippen MR) is 144 cm³/mol. The molecule has 2 aliphatic rings. The molecular weight excluding hydrogens is 490 g/mol. The number of ether oxygens (including phenoxy) is 4. The van der Waals surface area contributed by atoms with Crippen molar-refractivity contribution in [2.75, 3.05) is 58.4 Å². The Balaban J connectivity index is 1.57. The summed E-state index contributed by atoms with van der Waals surface area (Å²) in [5.41, 5.74) is 3.99. The van der Waals surface area contributed by atoms with Crippen LogP contribution in [0.2, 0.25) is 0 Å². The van der Waals surface area contributed by atoms with Crippen molar-refractivity contribution in [2.24, 2.45) is 0 Å². The number of esters is 2. The average Bonchev–Trinajstić information content (AvgIpc) is 3.30. The number of carbonyl (C=O) groups excluding carboxylic acids is 3. The van der Waals surface area contributed by atoms with Crippen LogP contribution < -0.4 is 15.4 Å². The van der Waals surface area contributed by atoms with Gasteiger partial charge < -0.3 is 29.6 Å². The normalized spacial score (nSPS) is 15.6. The molecule has 0 bridgehead atoms. The van der Waals surface area contributed by atoms with Gasteiger partial charge in [-0.1, -0.05) is 11.6 Å². The molecule has 0 saturated carbocycles. The highest BCUT2D eigenvalue weighted by atomic mass is 16.5. The summed E-state index contributed by atoms with van der Waals surface area (Å²) >= 11 is 0. The van der Waals surface area contributed by atoms with E-state index in [9.17, 15) is 14.4 Å². The minimum Gasteiger partial charge on any atom is -0.496 e. The molecule has 0 aromatic heterocycles. The lowest BCUT2D eigenvalue weighted by Crippen LogP contribution is -2.36. The first-order valence-corrected chi connectivity index (χ1v) is 13.4. The summed E-state index contributed by atoms with van der Waals surface area (Å²) in [6.07, 6.45) is 5.09. The Morgan fingerprint density at radius 1 is 1.16 bits per heavy atom. The first-order chi connectivity index (χ1) is 18.3. The molecule has 10 nitrogen and oxygen atoms in total. The second-order valence-electron chi connectivity index (χ2n) is 9.56. The molecule has 3 rings (SSSR count). The number of amides is 2. The molecule has 2 heterocycles. The molecule has 1 saturated heterocycles. The number of hydrogen-bond acceptors (Lipinski definition) is 8. The van der Waals surface area contributed by atoms with Gasteiger partial charge in [-0.2, -0.15) is 0 Å². The van der Waals surface area contributed by atoms with Crippen LogP contribution in [0.3, 0.4) is 0 Å². The second-order valence-corrected chi connectivity index (χ2v) is 9.56. The van der Waals surface area contributed by atoms with Crippen molar-refractivity contribution in [3.63, 3.8) is 0 Å². The number of morpholine rings is 1. The summed E-state index contributed by atoms with van der Waals surface area (Å²) in [5, 5.41) is 5.53. The number of methoxy groups -OCH3 is 1. The van der Waals surface area contributed by atoms with Gasteiger partial charge >= 0.3 is 18.0 Å². The van der Waals surface area contributed by atoms with Gasteiger partial charge in [0.05, 0.1) is 38.2 Å². The summed E-state index contributed by atoms with van der Waals surface area (Å²) in [6, 6.07) is -0.407. The smallest absolute Gasteiger partial charge is 0.341 e. The summed E-state index contributed by atoms with van der Waals surface area (Å²) in [7, 11) is 1.57. The summed E-state index contributed by atoms with van der Waals surface area (Å²) in [6.45, 7) is 11.2. The molecule has 0 unspecified atom stereocenters. The van der Waals surface area contributed by atoms with Crippen LogP contribution in [0, 0.1) is 6.92 Å². The Morgan fingerprint density at radius 3 is 2.63 bits per heavy atom. The molecule has 2 aliphatic heterocycles. The van der Waals surface area contributed by atoms with Crippen LogP contribution in [0.15, 0.2) is 11.6 Å². The van der Waals surface area contributed by atoms with E-state index >= 15 is 0 Å². The Kier molecular flexibility index (Phi) is 11.4. The van der Waals surface area contributed by atoms with E-state index in [1.54, 1.807) is 7.11 Å². The van der Waals surface area contributed by atoms with Crippen molar-refractivity contribution in [3.8, 4) is 5.75 Å². The fourth-order valence-electron chi connectivity index (χ4n) is 4.71. The number of cyclic esters (lactones) is 1. The van der Waals surface area contributed by atoms with Crippen molar-refractivity contribution >= 4 is 23.7 Å². The number of nitrogens with one attached hydrogen (secondary N) is 2. The largest absolute Gasteiger partial charge is 0.496 e. The fourth-order valence-corrected chi connectivity index (χ4v) is 4.71. The molecule has 2 amide bonds. The quantitative estimate of drug-likeness (QED) is 0.225. The number of allylic oxidation sites excluding steroid dienone is 2. The van der Waals surface area contributed by atoms with E-state index in [4.69, 9.17) is 18.9 Å². The first kappa shape index (κ1) is 29.4. The van der Waals surface area contributed by atoms with Gasteiger partial charge in [0.25, 0.3) is 0 Å². The van der Waals surface area contributed by atoms with Crippen molar-refractivity contribution < 1.29 is 33.3 Å². The molecule has 2 N–H and O–H groups in total. The Bertz CT molecular complexity index is 1030. The van der Waals surface area contributed by atoms with Crippen LogP contribution >= 0.6 is 0 Å². The summed E-state index contributed by atoms with van der Waals surface area (Å²) in [4.78, 5) is 39.5. The highest BCUT2D eigenvalue weighted by molar-refractivity contribution is 6.05. The van der Waals surface area contributed by atoms with Gasteiger partial charge in [-0.15, -0.1) is 0 Å². The SMILES string of the molecule is CCNC(=O)Nc1c(C/C=C(\C)CCC(=O)OCCCCN2CCOCC2)c(OC)c(C)c2c1C(=O)OC2. The van der Waals surface area contributed by atoms with E-state index in [1.807, 2.05) is 26.8 Å². The zero-order chi connectivity index (χ0) is 27.5. The number of nitrogens with zero attached hydrogens (tertiary/aromatic N) is 1. The zero-order valence-corrected chi connectivity index (χ0v) is 23.1. The van der Waals surface area contributed by atoms with E-state index in [0.717, 1.165) is 62.4 Å². The van der Waals surface area contributed by atoms with Crippen LogP contribution in [0.25, 0.3) is 0 Å². The molecule has 1 aromatic rings. The molecule has 0 aliphatic carbocycles. The second kappa shape index (κ2) is 14.7. The maximum absolute atomic E-state index is 12.5. The lowest BCUT2D eigenvalue weighted by Gasteiger charge is -2.26. The van der Waals surface area contributed by atoms with Crippen LogP contribution in [0.1, 0.15) is 66.6 Å². The van der Waals surface area contributed by atoms with Gasteiger partial charge in [0.1, 0.15) is 12.4 Å². The van der Waals surface area contributed by atoms with E-state index in [0.29, 0.717) is 55.0 Å². The third-order valence-electron chi connectivity index (χ3n) is 6.87. The molecule has 0 spiro atoms. The van der Waals surface area contributed by atoms with Crippen LogP contribution in [0.4, 0.5) is 10.5 Å². The van der Waals surface area contributed by atoms with Crippen LogP contribution in [0.5, 0.6) is 5.75 Å². The molecule has 210 valence electrons. The number of benzene rings is 1. The topological polar surface area (TPSA) is 115 Å². The number of carbonyl (C=O) groups is 3. The zero-order valence-electron chi connectivity index (χ0n) is 23.1. The summed E-state index contributed by atoms with van der Waals surface area (Å²) in [5.74, 6) is -0.0713. The Morgan fingerprint density at radius 2 is 1.92 bits per heavy atom. The molecule has 0 atom stereocenters. The van der Waals surface area contributed by atoms with Crippen molar-refractivity contribution in [1.29, 1.82) is 0 Å². The molecule has 1 aromatic carbocycles. The van der Waals surface area contributed by atoms with Gasteiger partial charge in [-0.25, -0.2) is 9.59 Å². The highest BCUT2D eigenvalue weighted by Gasteiger charge is 2.32. The van der Waals surface area contributed by atoms with Crippen molar-refractivity contribution in [1.82, 2.24) is 10.2 Å². The van der Waals surface area contributed by atoms with E-state index < -0.39 is 12.0 Å². The summed E-state index contributed by atoms with van der Waals surface area (Å²) < 4.78 is 21.7. The van der Waals surface area contributed by atoms with E-state index in [2.05, 4.69) is 15.5 Å². The van der Waals surface area contributed by atoms with E-state index in [1.165, 1.54) is 0 Å². The minimum atomic E-state index is -0.466. The molecule has 38 heavy (non-hydrogen) atoms. The minimum absolute atomic E-state index is 0.144. The monoisotopic (exact) mass is 531 g/mol. The number of unbranched alkanes of at least 4 members (excludes halogenated alkanes) is 1. The molecular formula is C28H41N3O7. The number of fused-ring (bicyclic) bond motifs is 1.